The van der Waals surface area contributed by atoms with E-state index in [0.29, 0.717) is 30.9 Å². The first-order chi connectivity index (χ1) is 18.0. The van der Waals surface area contributed by atoms with E-state index in [1.807, 2.05) is 30.3 Å². The first kappa shape index (κ1) is 27.3. The highest BCUT2D eigenvalue weighted by atomic mass is 16.7. The van der Waals surface area contributed by atoms with E-state index >= 15 is 0 Å². The Labute approximate surface area is 215 Å². The molecule has 10 heteroatoms. The predicted octanol–water partition coefficient (Wildman–Crippen LogP) is 0.747. The van der Waals surface area contributed by atoms with E-state index in [1.165, 1.54) is 0 Å². The average molecular weight is 518 g/mol. The molecule has 1 aliphatic rings. The van der Waals surface area contributed by atoms with Gasteiger partial charge in [-0.1, -0.05) is 18.2 Å². The van der Waals surface area contributed by atoms with Gasteiger partial charge in [0.25, 0.3) is 0 Å². The smallest absolute Gasteiger partial charge is 0.229 e. The number of fused-ring (bicyclic) bond motifs is 1. The van der Waals surface area contributed by atoms with E-state index in [0.717, 1.165) is 41.6 Å². The standard InChI is InChI=1S/C27H35NO9/c29-13-2-11-28-12-14-34-19-9-6-17(7-10-19)5-8-18-16-35-20-3-1-4-21(23(18)20)36-27-26(33)25(32)24(31)22(15-30)37-27/h1,3-4,6-7,9-10,16,22,24-33H,2,5,8,11-15H2/t22-,24-,25+,26-,27-/m1/s1. The third kappa shape index (κ3) is 6.79. The van der Waals surface area contributed by atoms with E-state index in [4.69, 9.17) is 23.7 Å². The lowest BCUT2D eigenvalue weighted by molar-refractivity contribution is -0.277. The fourth-order valence-corrected chi connectivity index (χ4v) is 4.29. The Hall–Kier alpha value is -2.70. The molecule has 1 saturated heterocycles. The van der Waals surface area contributed by atoms with Gasteiger partial charge in [0.2, 0.25) is 6.29 Å². The Morgan fingerprint density at radius 1 is 0.892 bits per heavy atom. The first-order valence-corrected chi connectivity index (χ1v) is 12.5. The fourth-order valence-electron chi connectivity index (χ4n) is 4.29. The molecule has 0 radical (unpaired) electrons. The van der Waals surface area contributed by atoms with Crippen LogP contribution in [0.4, 0.5) is 0 Å². The summed E-state index contributed by atoms with van der Waals surface area (Å²) >= 11 is 0. The molecular weight excluding hydrogens is 482 g/mol. The van der Waals surface area contributed by atoms with E-state index in [1.54, 1.807) is 18.4 Å². The lowest BCUT2D eigenvalue weighted by Gasteiger charge is -2.39. The number of aliphatic hydroxyl groups excluding tert-OH is 5. The molecule has 0 spiro atoms. The Morgan fingerprint density at radius 3 is 2.46 bits per heavy atom. The van der Waals surface area contributed by atoms with Crippen LogP contribution in [-0.4, -0.2) is 89.1 Å². The number of benzene rings is 2. The summed E-state index contributed by atoms with van der Waals surface area (Å²) in [5.41, 5.74) is 2.63. The van der Waals surface area contributed by atoms with Crippen LogP contribution in [0.5, 0.6) is 11.5 Å². The number of aryl methyl sites for hydroxylation is 2. The van der Waals surface area contributed by atoms with E-state index in [2.05, 4.69) is 5.32 Å². The number of ether oxygens (including phenoxy) is 3. The minimum absolute atomic E-state index is 0.177. The van der Waals surface area contributed by atoms with Crippen LogP contribution in [0.1, 0.15) is 17.5 Å². The second-order valence-electron chi connectivity index (χ2n) is 9.02. The molecule has 0 unspecified atom stereocenters. The third-order valence-electron chi connectivity index (χ3n) is 6.39. The minimum Gasteiger partial charge on any atom is -0.492 e. The van der Waals surface area contributed by atoms with Gasteiger partial charge in [-0.05, 0) is 55.6 Å². The normalized spacial score (nSPS) is 23.9. The summed E-state index contributed by atoms with van der Waals surface area (Å²) in [6.45, 7) is 1.66. The largest absolute Gasteiger partial charge is 0.492 e. The Morgan fingerprint density at radius 2 is 1.70 bits per heavy atom. The number of rotatable bonds is 13. The Kier molecular flexibility index (Phi) is 9.75. The van der Waals surface area contributed by atoms with Crippen LogP contribution in [0, 0.1) is 0 Å². The van der Waals surface area contributed by atoms with Crippen molar-refractivity contribution in [1.29, 1.82) is 0 Å². The molecule has 0 bridgehead atoms. The Balaban J connectivity index is 1.38. The van der Waals surface area contributed by atoms with Gasteiger partial charge in [-0.15, -0.1) is 0 Å². The minimum atomic E-state index is -1.52. The highest BCUT2D eigenvalue weighted by Gasteiger charge is 2.44. The fraction of sp³-hybridized carbons (Fsp3) is 0.481. The molecule has 10 nitrogen and oxygen atoms in total. The lowest BCUT2D eigenvalue weighted by atomic mass is 9.99. The number of furan rings is 1. The molecule has 202 valence electrons. The monoisotopic (exact) mass is 517 g/mol. The summed E-state index contributed by atoms with van der Waals surface area (Å²) in [5, 5.41) is 52.6. The first-order valence-electron chi connectivity index (χ1n) is 12.5. The van der Waals surface area contributed by atoms with Gasteiger partial charge < -0.3 is 49.5 Å². The number of hydrogen-bond donors (Lipinski definition) is 6. The van der Waals surface area contributed by atoms with Gasteiger partial charge in [0, 0.05) is 18.7 Å². The van der Waals surface area contributed by atoms with Crippen molar-refractivity contribution < 1.29 is 44.2 Å². The van der Waals surface area contributed by atoms with E-state index < -0.39 is 37.3 Å². The number of hydrogen-bond acceptors (Lipinski definition) is 10. The van der Waals surface area contributed by atoms with Crippen LogP contribution in [0.3, 0.4) is 0 Å². The van der Waals surface area contributed by atoms with Crippen molar-refractivity contribution in [3.63, 3.8) is 0 Å². The summed E-state index contributed by atoms with van der Waals surface area (Å²) in [4.78, 5) is 0. The van der Waals surface area contributed by atoms with Gasteiger partial charge in [0.05, 0.1) is 18.3 Å². The summed E-state index contributed by atoms with van der Waals surface area (Å²) in [7, 11) is 0. The molecule has 5 atom stereocenters. The van der Waals surface area contributed by atoms with Crippen molar-refractivity contribution in [1.82, 2.24) is 5.32 Å². The van der Waals surface area contributed by atoms with Crippen molar-refractivity contribution in [2.45, 2.75) is 50.0 Å². The second-order valence-corrected chi connectivity index (χ2v) is 9.02. The predicted molar refractivity (Wildman–Crippen MR) is 135 cm³/mol. The molecule has 0 aliphatic carbocycles. The van der Waals surface area contributed by atoms with Crippen LogP contribution in [-0.2, 0) is 17.6 Å². The van der Waals surface area contributed by atoms with Gasteiger partial charge in [0.15, 0.2) is 0 Å². The average Bonchev–Trinajstić information content (AvgIpc) is 3.34. The third-order valence-corrected chi connectivity index (χ3v) is 6.39. The summed E-state index contributed by atoms with van der Waals surface area (Å²) in [6, 6.07) is 13.2. The van der Waals surface area contributed by atoms with Crippen molar-refractivity contribution >= 4 is 11.0 Å². The maximum absolute atomic E-state index is 10.4. The molecule has 6 N–H and O–H groups in total. The maximum atomic E-state index is 10.4. The van der Waals surface area contributed by atoms with Crippen LogP contribution in [0.15, 0.2) is 53.1 Å². The number of nitrogens with one attached hydrogen (secondary N) is 1. The summed E-state index contributed by atoms with van der Waals surface area (Å²) in [5.74, 6) is 1.19. The highest BCUT2D eigenvalue weighted by Crippen LogP contribution is 2.34. The molecule has 2 heterocycles. The molecule has 3 aromatic rings. The van der Waals surface area contributed by atoms with Crippen molar-refractivity contribution in [2.24, 2.45) is 0 Å². The molecule has 0 saturated carbocycles. The van der Waals surface area contributed by atoms with E-state index in [-0.39, 0.29) is 6.61 Å². The molecule has 37 heavy (non-hydrogen) atoms. The van der Waals surface area contributed by atoms with Gasteiger partial charge in [0.1, 0.15) is 48.1 Å². The van der Waals surface area contributed by atoms with Crippen LogP contribution >= 0.6 is 0 Å². The molecule has 1 aliphatic heterocycles. The van der Waals surface area contributed by atoms with Crippen LogP contribution < -0.4 is 14.8 Å². The topological polar surface area (TPSA) is 154 Å². The van der Waals surface area contributed by atoms with Gasteiger partial charge >= 0.3 is 0 Å². The molecule has 1 fully saturated rings. The SMILES string of the molecule is OCCCNCCOc1ccc(CCc2coc3cccc(O[C@@H]4O[C@H](CO)[C@@H](O)[C@H](O)[C@H]4O)c23)cc1. The summed E-state index contributed by atoms with van der Waals surface area (Å²) < 4.78 is 22.9. The molecular formula is C27H35NO9. The quantitative estimate of drug-likeness (QED) is 0.179. The highest BCUT2D eigenvalue weighted by molar-refractivity contribution is 5.87. The van der Waals surface area contributed by atoms with Gasteiger partial charge in [-0.3, -0.25) is 0 Å². The van der Waals surface area contributed by atoms with Gasteiger partial charge in [-0.25, -0.2) is 0 Å². The van der Waals surface area contributed by atoms with Crippen LogP contribution in [0.2, 0.25) is 0 Å². The molecule has 0 amide bonds. The van der Waals surface area contributed by atoms with Crippen molar-refractivity contribution in [3.8, 4) is 11.5 Å². The maximum Gasteiger partial charge on any atom is 0.229 e. The summed E-state index contributed by atoms with van der Waals surface area (Å²) in [6.07, 6.45) is -3.00. The van der Waals surface area contributed by atoms with Crippen LogP contribution in [0.25, 0.3) is 11.0 Å². The van der Waals surface area contributed by atoms with Crippen molar-refractivity contribution in [2.75, 3.05) is 32.9 Å². The molecule has 1 aromatic heterocycles. The van der Waals surface area contributed by atoms with Crippen molar-refractivity contribution in [3.05, 3.63) is 59.9 Å². The molecule has 4 rings (SSSR count). The lowest BCUT2D eigenvalue weighted by Crippen LogP contribution is -2.60. The zero-order valence-electron chi connectivity index (χ0n) is 20.5. The Bertz CT molecular complexity index is 1100. The van der Waals surface area contributed by atoms with E-state index in [9.17, 15) is 20.4 Å². The second kappa shape index (κ2) is 13.2. The number of aliphatic hydroxyl groups is 5. The zero-order chi connectivity index (χ0) is 26.2. The molecule has 2 aromatic carbocycles. The zero-order valence-corrected chi connectivity index (χ0v) is 20.5. The van der Waals surface area contributed by atoms with Gasteiger partial charge in [-0.2, -0.15) is 0 Å².